The molecule has 2 heterocycles. The minimum Gasteiger partial charge on any atom is -0.328 e. The third-order valence-electron chi connectivity index (χ3n) is 5.30. The van der Waals surface area contributed by atoms with Crippen molar-refractivity contribution in [3.63, 3.8) is 0 Å². The molecule has 140 valence electrons. The smallest absolute Gasteiger partial charge is 0.227 e. The first-order chi connectivity index (χ1) is 13.2. The van der Waals surface area contributed by atoms with Crippen molar-refractivity contribution in [2.75, 3.05) is 11.4 Å². The summed E-state index contributed by atoms with van der Waals surface area (Å²) < 4.78 is 2.33. The fourth-order valence-corrected chi connectivity index (χ4v) is 4.04. The Balaban J connectivity index is 1.64. The van der Waals surface area contributed by atoms with Gasteiger partial charge in [-0.25, -0.2) is 4.98 Å². The number of unbranched alkanes of at least 4 members (excludes halogenated alkanes) is 2. The van der Waals surface area contributed by atoms with Gasteiger partial charge in [0.1, 0.15) is 5.82 Å². The maximum Gasteiger partial charge on any atom is 0.227 e. The lowest BCUT2D eigenvalue weighted by molar-refractivity contribution is -0.117. The van der Waals surface area contributed by atoms with Crippen LogP contribution in [-0.4, -0.2) is 22.0 Å². The van der Waals surface area contributed by atoms with E-state index in [4.69, 9.17) is 16.6 Å². The number of halogens is 1. The molecule has 3 aromatic rings. The van der Waals surface area contributed by atoms with Gasteiger partial charge in [0.05, 0.1) is 11.0 Å². The van der Waals surface area contributed by atoms with Crippen molar-refractivity contribution in [2.24, 2.45) is 0 Å². The lowest BCUT2D eigenvalue weighted by atomic mass is 10.1. The number of hydrogen-bond donors (Lipinski definition) is 0. The normalized spacial score (nSPS) is 17.2. The van der Waals surface area contributed by atoms with Crippen LogP contribution in [0.3, 0.4) is 0 Å². The molecule has 0 bridgehead atoms. The van der Waals surface area contributed by atoms with Crippen LogP contribution in [0.1, 0.15) is 44.3 Å². The Morgan fingerprint density at radius 3 is 2.67 bits per heavy atom. The first-order valence-corrected chi connectivity index (χ1v) is 10.1. The predicted molar refractivity (Wildman–Crippen MR) is 110 cm³/mol. The number of nitrogens with zero attached hydrogens (tertiary/aromatic N) is 3. The lowest BCUT2D eigenvalue weighted by Crippen LogP contribution is -2.24. The predicted octanol–water partition coefficient (Wildman–Crippen LogP) is 5.40. The molecule has 5 heteroatoms. The maximum atomic E-state index is 12.7. The van der Waals surface area contributed by atoms with Crippen molar-refractivity contribution in [2.45, 2.75) is 45.1 Å². The Bertz CT molecular complexity index is 948. The highest BCUT2D eigenvalue weighted by Gasteiger charge is 2.34. The van der Waals surface area contributed by atoms with Crippen LogP contribution in [-0.2, 0) is 11.3 Å². The van der Waals surface area contributed by atoms with Crippen LogP contribution in [0.5, 0.6) is 0 Å². The molecule has 4 rings (SSSR count). The Hall–Kier alpha value is -2.33. The second-order valence-electron chi connectivity index (χ2n) is 7.20. The molecule has 4 nitrogen and oxygen atoms in total. The zero-order valence-electron chi connectivity index (χ0n) is 15.6. The number of benzene rings is 2. The summed E-state index contributed by atoms with van der Waals surface area (Å²) >= 11 is 5.99. The first-order valence-electron chi connectivity index (χ1n) is 9.68. The van der Waals surface area contributed by atoms with E-state index in [2.05, 4.69) is 29.7 Å². The zero-order chi connectivity index (χ0) is 18.8. The molecule has 0 aliphatic carbocycles. The van der Waals surface area contributed by atoms with Crippen molar-refractivity contribution in [3.8, 4) is 0 Å². The van der Waals surface area contributed by atoms with Gasteiger partial charge in [0.2, 0.25) is 5.91 Å². The Morgan fingerprint density at radius 1 is 1.11 bits per heavy atom. The van der Waals surface area contributed by atoms with E-state index in [1.54, 1.807) is 0 Å². The summed E-state index contributed by atoms with van der Waals surface area (Å²) in [4.78, 5) is 19.5. The second kappa shape index (κ2) is 7.73. The van der Waals surface area contributed by atoms with Crippen LogP contribution >= 0.6 is 11.6 Å². The van der Waals surface area contributed by atoms with Gasteiger partial charge in [-0.15, -0.1) is 0 Å². The largest absolute Gasteiger partial charge is 0.328 e. The third-order valence-corrected chi connectivity index (χ3v) is 5.55. The monoisotopic (exact) mass is 381 g/mol. The van der Waals surface area contributed by atoms with Crippen molar-refractivity contribution < 1.29 is 4.79 Å². The average molecular weight is 382 g/mol. The van der Waals surface area contributed by atoms with Gasteiger partial charge < -0.3 is 9.47 Å². The number of fused-ring (bicyclic) bond motifs is 1. The van der Waals surface area contributed by atoms with E-state index in [0.717, 1.165) is 30.0 Å². The van der Waals surface area contributed by atoms with E-state index in [9.17, 15) is 4.79 Å². The quantitative estimate of drug-likeness (QED) is 0.536. The van der Waals surface area contributed by atoms with E-state index in [1.165, 1.54) is 18.4 Å². The standard InChI is InChI=1S/C22H24ClN3O/c1-2-3-6-13-25-20-8-5-4-7-19(20)24-22(25)16-14-21(27)26(15-16)18-11-9-17(23)10-12-18/h4-5,7-12,16H,2-3,6,13-15H2,1H3/t16-/m0/s1. The van der Waals surface area contributed by atoms with Crippen molar-refractivity contribution in [3.05, 3.63) is 59.4 Å². The fraction of sp³-hybridized carbons (Fsp3) is 0.364. The molecule has 2 aromatic carbocycles. The number of carbonyl (C=O) groups excluding carboxylic acids is 1. The molecular weight excluding hydrogens is 358 g/mol. The van der Waals surface area contributed by atoms with Crippen LogP contribution in [0.25, 0.3) is 11.0 Å². The number of para-hydroxylation sites is 2. The number of hydrogen-bond acceptors (Lipinski definition) is 2. The minimum absolute atomic E-state index is 0.113. The van der Waals surface area contributed by atoms with E-state index in [0.29, 0.717) is 18.0 Å². The highest BCUT2D eigenvalue weighted by molar-refractivity contribution is 6.30. The average Bonchev–Trinajstić information content (AvgIpc) is 3.24. The Kier molecular flexibility index (Phi) is 5.17. The van der Waals surface area contributed by atoms with Gasteiger partial charge in [-0.3, -0.25) is 4.79 Å². The van der Waals surface area contributed by atoms with Gasteiger partial charge in [0.25, 0.3) is 0 Å². The number of carbonyl (C=O) groups is 1. The molecule has 1 aliphatic heterocycles. The van der Waals surface area contributed by atoms with Crippen LogP contribution in [0.15, 0.2) is 48.5 Å². The minimum atomic E-state index is 0.113. The number of amides is 1. The molecule has 1 aromatic heterocycles. The van der Waals surface area contributed by atoms with Crippen LogP contribution in [0.2, 0.25) is 5.02 Å². The van der Waals surface area contributed by atoms with Crippen LogP contribution in [0, 0.1) is 0 Å². The highest BCUT2D eigenvalue weighted by atomic mass is 35.5. The van der Waals surface area contributed by atoms with Crippen LogP contribution in [0.4, 0.5) is 5.69 Å². The summed E-state index contributed by atoms with van der Waals surface area (Å²) in [6, 6.07) is 15.8. The number of aromatic nitrogens is 2. The van der Waals surface area contributed by atoms with Crippen molar-refractivity contribution in [1.82, 2.24) is 9.55 Å². The third kappa shape index (κ3) is 3.59. The van der Waals surface area contributed by atoms with E-state index < -0.39 is 0 Å². The summed E-state index contributed by atoms with van der Waals surface area (Å²) in [7, 11) is 0. The molecule has 1 aliphatic rings. The Labute approximate surface area is 164 Å². The molecule has 0 saturated carbocycles. The number of imidazole rings is 1. The Morgan fingerprint density at radius 2 is 1.89 bits per heavy atom. The molecule has 1 fully saturated rings. The summed E-state index contributed by atoms with van der Waals surface area (Å²) in [5.41, 5.74) is 3.09. The zero-order valence-corrected chi connectivity index (χ0v) is 16.3. The van der Waals surface area contributed by atoms with Crippen molar-refractivity contribution in [1.29, 1.82) is 0 Å². The molecule has 1 saturated heterocycles. The molecule has 1 amide bonds. The summed E-state index contributed by atoms with van der Waals surface area (Å²) in [5, 5.41) is 0.680. The first kappa shape index (κ1) is 18.1. The lowest BCUT2D eigenvalue weighted by Gasteiger charge is -2.17. The van der Waals surface area contributed by atoms with Gasteiger partial charge in [-0.05, 0) is 42.8 Å². The molecule has 0 radical (unpaired) electrons. The maximum absolute atomic E-state index is 12.7. The van der Waals surface area contributed by atoms with Gasteiger partial charge in [-0.1, -0.05) is 43.5 Å². The summed E-state index contributed by atoms with van der Waals surface area (Å²) in [6.07, 6.45) is 4.02. The highest BCUT2D eigenvalue weighted by Crippen LogP contribution is 2.33. The van der Waals surface area contributed by atoms with Crippen molar-refractivity contribution >= 4 is 34.2 Å². The van der Waals surface area contributed by atoms with E-state index >= 15 is 0 Å². The number of aryl methyl sites for hydroxylation is 1. The molecule has 0 N–H and O–H groups in total. The molecule has 27 heavy (non-hydrogen) atoms. The van der Waals surface area contributed by atoms with Crippen LogP contribution < -0.4 is 4.90 Å². The molecule has 0 spiro atoms. The number of anilines is 1. The van der Waals surface area contributed by atoms with Gasteiger partial charge >= 0.3 is 0 Å². The molecular formula is C22H24ClN3O. The van der Waals surface area contributed by atoms with Gasteiger partial charge in [-0.2, -0.15) is 0 Å². The second-order valence-corrected chi connectivity index (χ2v) is 7.64. The topological polar surface area (TPSA) is 38.1 Å². The van der Waals surface area contributed by atoms with E-state index in [1.807, 2.05) is 35.2 Å². The molecule has 0 unspecified atom stereocenters. The summed E-state index contributed by atoms with van der Waals surface area (Å²) in [6.45, 7) is 3.83. The van der Waals surface area contributed by atoms with Gasteiger partial charge in [0, 0.05) is 36.1 Å². The van der Waals surface area contributed by atoms with E-state index in [-0.39, 0.29) is 11.8 Å². The molecule has 1 atom stereocenters. The summed E-state index contributed by atoms with van der Waals surface area (Å²) in [5.74, 6) is 1.30. The fourth-order valence-electron chi connectivity index (χ4n) is 3.91. The number of rotatable bonds is 6. The van der Waals surface area contributed by atoms with Gasteiger partial charge in [0.15, 0.2) is 0 Å². The SMILES string of the molecule is CCCCCn1c([C@H]2CC(=O)N(c3ccc(Cl)cc3)C2)nc2ccccc21.